The minimum Gasteiger partial charge on any atom is -0.478 e. The fraction of sp³-hybridized carbons (Fsp3) is 0.632. The molecule has 16 heteroatoms. The van der Waals surface area contributed by atoms with Crippen LogP contribution in [0, 0.1) is 10.1 Å². The van der Waals surface area contributed by atoms with Gasteiger partial charge in [-0.3, -0.25) is 10.1 Å². The van der Waals surface area contributed by atoms with Crippen LogP contribution in [0.1, 0.15) is 10.4 Å². The Labute approximate surface area is 196 Å². The fourth-order valence-corrected chi connectivity index (χ4v) is 3.80. The molecule has 2 saturated heterocycles. The van der Waals surface area contributed by atoms with Crippen LogP contribution in [0.4, 0.5) is 11.4 Å². The highest BCUT2D eigenvalue weighted by Gasteiger charge is 2.50. The molecule has 10 atom stereocenters. The second-order valence-electron chi connectivity index (χ2n) is 8.03. The zero-order chi connectivity index (χ0) is 26.0. The number of nitrogens with one attached hydrogen (secondary N) is 1. The van der Waals surface area contributed by atoms with E-state index in [0.29, 0.717) is 0 Å². The van der Waals surface area contributed by atoms with Crippen LogP contribution in [0.15, 0.2) is 18.2 Å². The smallest absolute Gasteiger partial charge is 0.336 e. The summed E-state index contributed by atoms with van der Waals surface area (Å²) in [6.07, 6.45) is -16.3. The summed E-state index contributed by atoms with van der Waals surface area (Å²) >= 11 is 0. The molecule has 9 N–H and O–H groups in total. The van der Waals surface area contributed by atoms with Gasteiger partial charge in [0.2, 0.25) is 0 Å². The summed E-state index contributed by atoms with van der Waals surface area (Å²) in [5.41, 5.74) is -1.14. The highest BCUT2D eigenvalue weighted by Crippen LogP contribution is 2.30. The van der Waals surface area contributed by atoms with Crippen molar-refractivity contribution in [1.82, 2.24) is 0 Å². The Kier molecular flexibility index (Phi) is 8.54. The molecular weight excluding hydrogens is 480 g/mol. The van der Waals surface area contributed by atoms with Gasteiger partial charge in [0.1, 0.15) is 48.8 Å². The number of ether oxygens (including phenoxy) is 3. The molecule has 2 fully saturated rings. The highest BCUT2D eigenvalue weighted by atomic mass is 16.7. The van der Waals surface area contributed by atoms with Crippen LogP contribution < -0.4 is 5.32 Å². The van der Waals surface area contributed by atoms with Crippen molar-refractivity contribution in [3.63, 3.8) is 0 Å². The number of carbonyl (C=O) groups is 1. The van der Waals surface area contributed by atoms with E-state index in [4.69, 9.17) is 14.2 Å². The molecule has 196 valence electrons. The van der Waals surface area contributed by atoms with Crippen molar-refractivity contribution in [2.45, 2.75) is 61.3 Å². The number of aliphatic hydroxyl groups excluding tert-OH is 7. The first-order valence-electron chi connectivity index (χ1n) is 10.4. The molecule has 0 saturated carbocycles. The van der Waals surface area contributed by atoms with Crippen LogP contribution in [-0.4, -0.2) is 126 Å². The third kappa shape index (κ3) is 5.67. The number of nitro benzene ring substituents is 1. The molecule has 3 rings (SSSR count). The van der Waals surface area contributed by atoms with E-state index in [0.717, 1.165) is 18.2 Å². The van der Waals surface area contributed by atoms with Crippen LogP contribution in [-0.2, 0) is 14.2 Å². The molecule has 2 aliphatic heterocycles. The summed E-state index contributed by atoms with van der Waals surface area (Å²) in [7, 11) is 0. The molecule has 1 aromatic rings. The number of hydrogen-bond donors (Lipinski definition) is 9. The maximum atomic E-state index is 11.3. The van der Waals surface area contributed by atoms with Gasteiger partial charge >= 0.3 is 5.97 Å². The highest BCUT2D eigenvalue weighted by molar-refractivity contribution is 5.90. The Morgan fingerprint density at radius 1 is 0.943 bits per heavy atom. The zero-order valence-electron chi connectivity index (χ0n) is 17.9. The maximum absolute atomic E-state index is 11.3. The Morgan fingerprint density at radius 2 is 1.60 bits per heavy atom. The van der Waals surface area contributed by atoms with Crippen molar-refractivity contribution in [2.24, 2.45) is 0 Å². The summed E-state index contributed by atoms with van der Waals surface area (Å²) in [6, 6.07) is 2.82. The lowest BCUT2D eigenvalue weighted by molar-refractivity contribution is -0.384. The third-order valence-electron chi connectivity index (χ3n) is 5.69. The first-order chi connectivity index (χ1) is 16.5. The molecule has 0 aromatic heterocycles. The third-order valence-corrected chi connectivity index (χ3v) is 5.69. The van der Waals surface area contributed by atoms with Gasteiger partial charge in [0.25, 0.3) is 5.69 Å². The SMILES string of the molecule is O=C(O)c1cc(N[C@@H]2O[C@@H](CO)[C@@H](O[C@H]3O[C@@H](CO)[C@@H](O)[C@@H](O)[C@H]3O)[C@@H](O)[C@H]2O)cc([N+](=O)[O-])c1. The Bertz CT molecular complexity index is 881. The lowest BCUT2D eigenvalue weighted by atomic mass is 9.96. The first kappa shape index (κ1) is 27.1. The van der Waals surface area contributed by atoms with Crippen molar-refractivity contribution in [1.29, 1.82) is 0 Å². The number of rotatable bonds is 8. The van der Waals surface area contributed by atoms with Crippen LogP contribution in [0.5, 0.6) is 0 Å². The summed E-state index contributed by atoms with van der Waals surface area (Å²) in [6.45, 7) is -1.53. The van der Waals surface area contributed by atoms with Crippen molar-refractivity contribution in [2.75, 3.05) is 18.5 Å². The van der Waals surface area contributed by atoms with E-state index in [1.165, 1.54) is 0 Å². The first-order valence-corrected chi connectivity index (χ1v) is 10.4. The van der Waals surface area contributed by atoms with E-state index < -0.39 is 96.7 Å². The van der Waals surface area contributed by atoms with E-state index in [1.807, 2.05) is 0 Å². The molecule has 0 aliphatic carbocycles. The standard InChI is InChI=1S/C19H26N2O14/c22-4-9-11(24)12(25)15(28)19(34-9)35-16-10(5-23)33-17(14(27)13(16)26)20-7-1-6(18(29)30)2-8(3-7)21(31)32/h1-3,9-17,19-20,22-28H,4-5H2,(H,29,30)/t9-,10-,11+,12+,13-,14+,15+,16+,17+,19+/m0/s1. The van der Waals surface area contributed by atoms with Crippen molar-refractivity contribution in [3.8, 4) is 0 Å². The lowest BCUT2D eigenvalue weighted by Crippen LogP contribution is -2.65. The molecule has 0 unspecified atom stereocenters. The maximum Gasteiger partial charge on any atom is 0.336 e. The molecule has 16 nitrogen and oxygen atoms in total. The number of carboxylic acids is 1. The van der Waals surface area contributed by atoms with Crippen molar-refractivity contribution in [3.05, 3.63) is 33.9 Å². The summed E-state index contributed by atoms with van der Waals surface area (Å²) < 4.78 is 16.1. The van der Waals surface area contributed by atoms with Crippen LogP contribution in [0.25, 0.3) is 0 Å². The topological polar surface area (TPSA) is 262 Å². The monoisotopic (exact) mass is 506 g/mol. The predicted octanol–water partition coefficient (Wildman–Crippen LogP) is -3.67. The summed E-state index contributed by atoms with van der Waals surface area (Å²) in [5.74, 6) is -1.46. The average molecular weight is 506 g/mol. The van der Waals surface area contributed by atoms with Gasteiger partial charge in [-0.1, -0.05) is 0 Å². The zero-order valence-corrected chi connectivity index (χ0v) is 17.9. The molecule has 0 bridgehead atoms. The number of nitrogens with zero attached hydrogens (tertiary/aromatic N) is 1. The summed E-state index contributed by atoms with van der Waals surface area (Å²) in [4.78, 5) is 21.6. The van der Waals surface area contributed by atoms with Crippen LogP contribution in [0.3, 0.4) is 0 Å². The number of anilines is 1. The molecule has 2 aliphatic rings. The molecule has 0 spiro atoms. The van der Waals surface area contributed by atoms with Gasteiger partial charge in [0.05, 0.1) is 23.7 Å². The average Bonchev–Trinajstić information content (AvgIpc) is 2.83. The second kappa shape index (κ2) is 11.0. The number of aromatic carboxylic acids is 1. The van der Waals surface area contributed by atoms with Crippen molar-refractivity contribution < 1.29 is 64.8 Å². The minimum absolute atomic E-state index is 0.141. The normalized spacial score (nSPS) is 37.6. The van der Waals surface area contributed by atoms with E-state index in [-0.39, 0.29) is 5.69 Å². The lowest BCUT2D eigenvalue weighted by Gasteiger charge is -2.46. The fourth-order valence-electron chi connectivity index (χ4n) is 3.80. The molecule has 0 radical (unpaired) electrons. The van der Waals surface area contributed by atoms with Crippen molar-refractivity contribution >= 4 is 17.3 Å². The number of non-ortho nitro benzene ring substituents is 1. The molecule has 0 amide bonds. The van der Waals surface area contributed by atoms with Gasteiger partial charge in [-0.25, -0.2) is 4.79 Å². The Balaban J connectivity index is 1.78. The van der Waals surface area contributed by atoms with Crippen LogP contribution in [0.2, 0.25) is 0 Å². The number of benzene rings is 1. The molecular formula is C19H26N2O14. The Morgan fingerprint density at radius 3 is 2.17 bits per heavy atom. The molecule has 35 heavy (non-hydrogen) atoms. The van der Waals surface area contributed by atoms with E-state index in [9.17, 15) is 55.8 Å². The Hall–Kier alpha value is -2.51. The minimum atomic E-state index is -1.83. The largest absolute Gasteiger partial charge is 0.478 e. The van der Waals surface area contributed by atoms with E-state index >= 15 is 0 Å². The predicted molar refractivity (Wildman–Crippen MR) is 110 cm³/mol. The van der Waals surface area contributed by atoms with E-state index in [2.05, 4.69) is 5.32 Å². The number of hydrogen-bond acceptors (Lipinski definition) is 14. The van der Waals surface area contributed by atoms with Gasteiger partial charge in [0, 0.05) is 17.8 Å². The second-order valence-corrected chi connectivity index (χ2v) is 8.03. The number of nitro groups is 1. The molecule has 1 aromatic carbocycles. The van der Waals surface area contributed by atoms with Gasteiger partial charge in [-0.15, -0.1) is 0 Å². The number of aliphatic hydroxyl groups is 7. The van der Waals surface area contributed by atoms with E-state index in [1.54, 1.807) is 0 Å². The quantitative estimate of drug-likeness (QED) is 0.121. The van der Waals surface area contributed by atoms with Gasteiger partial charge in [-0.2, -0.15) is 0 Å². The van der Waals surface area contributed by atoms with Gasteiger partial charge < -0.3 is 60.4 Å². The summed E-state index contributed by atoms with van der Waals surface area (Å²) in [5, 5.41) is 92.9. The van der Waals surface area contributed by atoms with Gasteiger partial charge in [0.15, 0.2) is 12.5 Å². The van der Waals surface area contributed by atoms with Crippen LogP contribution >= 0.6 is 0 Å². The van der Waals surface area contributed by atoms with Gasteiger partial charge in [-0.05, 0) is 6.07 Å². The molecule has 2 heterocycles. The number of carboxylic acid groups (broad SMARTS) is 1.